The van der Waals surface area contributed by atoms with Gasteiger partial charge in [0, 0.05) is 29.6 Å². The van der Waals surface area contributed by atoms with Gasteiger partial charge in [0.05, 0.1) is 53.8 Å². The van der Waals surface area contributed by atoms with E-state index in [4.69, 9.17) is 32.6 Å². The van der Waals surface area contributed by atoms with Crippen LogP contribution in [0.3, 0.4) is 0 Å². The summed E-state index contributed by atoms with van der Waals surface area (Å²) in [7, 11) is 8.35. The van der Waals surface area contributed by atoms with E-state index in [2.05, 4.69) is 0 Å². The molecule has 5 aromatic carbocycles. The standard InChI is InChI=1S/C36H35O9PS/c1-39-25-19-30(41-3)35(31(20-25)42-4)23-11-15-27(16-12-23)46(34-10-8-7-9-29(34)45-47(37)38)28-17-13-24(14-18-28)36-32(43-5)21-26(40-2)22-33(36)44-6/h7-22H,1-6H3,(H,37,38). The van der Waals surface area contributed by atoms with Crippen molar-refractivity contribution in [1.82, 2.24) is 0 Å². The molecule has 5 aromatic rings. The Bertz CT molecular complexity index is 1700. The molecule has 0 aliphatic carbocycles. The highest BCUT2D eigenvalue weighted by atomic mass is 32.2. The smallest absolute Gasteiger partial charge is 0.357 e. The van der Waals surface area contributed by atoms with Crippen molar-refractivity contribution >= 4 is 35.2 Å². The van der Waals surface area contributed by atoms with Crippen molar-refractivity contribution in [2.24, 2.45) is 0 Å². The Balaban J connectivity index is 1.63. The summed E-state index contributed by atoms with van der Waals surface area (Å²) < 4.78 is 60.4. The van der Waals surface area contributed by atoms with Gasteiger partial charge in [0.15, 0.2) is 5.75 Å². The highest BCUT2D eigenvalue weighted by Gasteiger charge is 2.24. The molecule has 47 heavy (non-hydrogen) atoms. The molecule has 0 aliphatic rings. The summed E-state index contributed by atoms with van der Waals surface area (Å²) >= 11 is -2.50. The number of benzene rings is 5. The highest BCUT2D eigenvalue weighted by molar-refractivity contribution is 7.80. The molecule has 0 radical (unpaired) electrons. The predicted octanol–water partition coefficient (Wildman–Crippen LogP) is 6.35. The maximum absolute atomic E-state index is 11.8. The number of hydrogen-bond acceptors (Lipinski definition) is 8. The minimum Gasteiger partial charge on any atom is -0.496 e. The molecule has 5 rings (SSSR count). The maximum atomic E-state index is 11.8. The van der Waals surface area contributed by atoms with Crippen LogP contribution in [0.4, 0.5) is 0 Å². The summed E-state index contributed by atoms with van der Waals surface area (Å²) in [6.45, 7) is 0. The quantitative estimate of drug-likeness (QED) is 0.113. The fraction of sp³-hybridized carbons (Fsp3) is 0.167. The van der Waals surface area contributed by atoms with Crippen LogP contribution >= 0.6 is 7.92 Å². The van der Waals surface area contributed by atoms with E-state index in [0.29, 0.717) is 40.2 Å². The lowest BCUT2D eigenvalue weighted by atomic mass is 10.0. The van der Waals surface area contributed by atoms with E-state index in [0.717, 1.165) is 38.2 Å². The topological polar surface area (TPSA) is 102 Å². The van der Waals surface area contributed by atoms with Gasteiger partial charge < -0.3 is 32.6 Å². The zero-order valence-electron chi connectivity index (χ0n) is 26.8. The molecule has 0 saturated heterocycles. The first-order valence-electron chi connectivity index (χ1n) is 14.3. The number of rotatable bonds is 13. The van der Waals surface area contributed by atoms with Crippen molar-refractivity contribution in [3.8, 4) is 62.5 Å². The molecular formula is C36H35O9PS. The molecule has 0 amide bonds. The number of hydrogen-bond donors (Lipinski definition) is 1. The third-order valence-electron chi connectivity index (χ3n) is 7.53. The first-order valence-corrected chi connectivity index (χ1v) is 16.7. The molecule has 0 saturated carbocycles. The Kier molecular flexibility index (Phi) is 10.9. The molecule has 0 fully saturated rings. The molecule has 0 spiro atoms. The molecule has 1 unspecified atom stereocenters. The van der Waals surface area contributed by atoms with Crippen LogP contribution in [-0.4, -0.2) is 51.4 Å². The maximum Gasteiger partial charge on any atom is 0.357 e. The zero-order valence-corrected chi connectivity index (χ0v) is 28.5. The van der Waals surface area contributed by atoms with Crippen LogP contribution in [0.25, 0.3) is 22.3 Å². The van der Waals surface area contributed by atoms with Gasteiger partial charge >= 0.3 is 11.4 Å². The molecule has 0 aliphatic heterocycles. The lowest BCUT2D eigenvalue weighted by molar-refractivity contribution is 0.377. The van der Waals surface area contributed by atoms with E-state index in [1.807, 2.05) is 84.9 Å². The number of ether oxygens (including phenoxy) is 6. The lowest BCUT2D eigenvalue weighted by Gasteiger charge is -2.22. The SMILES string of the molecule is COc1cc(OC)c(-c2ccc(P(c3ccc(-c4c(OC)cc(OC)cc4OC)cc3)c3ccccc3OS(=O)O)cc2)c(OC)c1. The summed E-state index contributed by atoms with van der Waals surface area (Å²) in [5.41, 5.74) is 3.35. The molecule has 0 aromatic heterocycles. The molecule has 11 heteroatoms. The van der Waals surface area contributed by atoms with Crippen molar-refractivity contribution in [3.63, 3.8) is 0 Å². The fourth-order valence-corrected chi connectivity index (χ4v) is 8.04. The van der Waals surface area contributed by atoms with Crippen LogP contribution in [0.2, 0.25) is 0 Å². The van der Waals surface area contributed by atoms with E-state index in [-0.39, 0.29) is 0 Å². The van der Waals surface area contributed by atoms with Crippen LogP contribution in [-0.2, 0) is 11.4 Å². The van der Waals surface area contributed by atoms with E-state index < -0.39 is 19.3 Å². The molecule has 0 bridgehead atoms. The van der Waals surface area contributed by atoms with Crippen molar-refractivity contribution in [3.05, 3.63) is 97.1 Å². The van der Waals surface area contributed by atoms with Gasteiger partial charge in [0.25, 0.3) is 0 Å². The molecular weight excluding hydrogens is 639 g/mol. The van der Waals surface area contributed by atoms with Gasteiger partial charge in [0.1, 0.15) is 34.5 Å². The van der Waals surface area contributed by atoms with E-state index >= 15 is 0 Å². The van der Waals surface area contributed by atoms with Crippen molar-refractivity contribution < 1.29 is 41.4 Å². The third kappa shape index (κ3) is 7.15. The average Bonchev–Trinajstić information content (AvgIpc) is 3.11. The van der Waals surface area contributed by atoms with Crippen molar-refractivity contribution in [1.29, 1.82) is 0 Å². The zero-order chi connectivity index (χ0) is 33.5. The van der Waals surface area contributed by atoms with Crippen molar-refractivity contribution in [2.75, 3.05) is 42.7 Å². The van der Waals surface area contributed by atoms with Crippen molar-refractivity contribution in [2.45, 2.75) is 0 Å². The predicted molar refractivity (Wildman–Crippen MR) is 187 cm³/mol. The van der Waals surface area contributed by atoms with E-state index in [9.17, 15) is 8.76 Å². The molecule has 1 N–H and O–H groups in total. The van der Waals surface area contributed by atoms with Gasteiger partial charge in [-0.15, -0.1) is 0 Å². The first kappa shape index (κ1) is 33.6. The Morgan fingerprint density at radius 3 is 1.23 bits per heavy atom. The first-order chi connectivity index (χ1) is 22.8. The summed E-state index contributed by atoms with van der Waals surface area (Å²) in [6, 6.07) is 30.7. The monoisotopic (exact) mass is 674 g/mol. The molecule has 1 atom stereocenters. The molecule has 244 valence electrons. The summed E-state index contributed by atoms with van der Waals surface area (Å²) in [5, 5.41) is 2.76. The molecule has 0 heterocycles. The van der Waals surface area contributed by atoms with E-state index in [1.165, 1.54) is 0 Å². The van der Waals surface area contributed by atoms with Gasteiger partial charge in [-0.3, -0.25) is 4.55 Å². The molecule has 9 nitrogen and oxygen atoms in total. The summed E-state index contributed by atoms with van der Waals surface area (Å²) in [6.07, 6.45) is 0. The minimum atomic E-state index is -2.50. The summed E-state index contributed by atoms with van der Waals surface area (Å²) in [4.78, 5) is 0. The van der Waals surface area contributed by atoms with Crippen LogP contribution in [0.1, 0.15) is 0 Å². The van der Waals surface area contributed by atoms with Crippen LogP contribution in [0, 0.1) is 0 Å². The van der Waals surface area contributed by atoms with Gasteiger partial charge in [0.2, 0.25) is 0 Å². The second-order valence-electron chi connectivity index (χ2n) is 10.0. The Morgan fingerprint density at radius 2 is 0.894 bits per heavy atom. The van der Waals surface area contributed by atoms with Gasteiger partial charge in [-0.05, 0) is 35.7 Å². The number of methoxy groups -OCH3 is 6. The normalized spacial score (nSPS) is 11.5. The van der Waals surface area contributed by atoms with E-state index in [1.54, 1.807) is 54.8 Å². The van der Waals surface area contributed by atoms with Gasteiger partial charge in [-0.1, -0.05) is 66.7 Å². The lowest BCUT2D eigenvalue weighted by Crippen LogP contribution is -2.22. The van der Waals surface area contributed by atoms with Crippen LogP contribution < -0.4 is 48.5 Å². The average molecular weight is 675 g/mol. The Labute approximate surface area is 278 Å². The second kappa shape index (κ2) is 15.2. The van der Waals surface area contributed by atoms with Gasteiger partial charge in [-0.2, -0.15) is 4.21 Å². The Morgan fingerprint density at radius 1 is 0.511 bits per heavy atom. The Hall–Kier alpha value is -4.76. The second-order valence-corrected chi connectivity index (χ2v) is 12.8. The third-order valence-corrected chi connectivity index (χ3v) is 10.3. The largest absolute Gasteiger partial charge is 0.496 e. The summed E-state index contributed by atoms with van der Waals surface area (Å²) in [5.74, 6) is 4.01. The van der Waals surface area contributed by atoms with Crippen LogP contribution in [0.5, 0.6) is 40.2 Å². The van der Waals surface area contributed by atoms with Crippen LogP contribution in [0.15, 0.2) is 97.1 Å². The number of para-hydroxylation sites is 1. The minimum absolute atomic E-state index is 0.324. The highest BCUT2D eigenvalue weighted by Crippen LogP contribution is 2.45. The van der Waals surface area contributed by atoms with Gasteiger partial charge in [-0.25, -0.2) is 0 Å². The fourth-order valence-electron chi connectivity index (χ4n) is 5.35.